The fourth-order valence-electron chi connectivity index (χ4n) is 1.58. The van der Waals surface area contributed by atoms with E-state index in [4.69, 9.17) is 0 Å². The zero-order valence-electron chi connectivity index (χ0n) is 10.8. The molecule has 0 radical (unpaired) electrons. The summed E-state index contributed by atoms with van der Waals surface area (Å²) in [6, 6.07) is 0. The second-order valence-electron chi connectivity index (χ2n) is 3.94. The van der Waals surface area contributed by atoms with Crippen LogP contribution >= 0.6 is 0 Å². The molecule has 0 fully saturated rings. The molecule has 0 spiro atoms. The lowest BCUT2D eigenvalue weighted by Crippen LogP contribution is -2.18. The standard InChI is InChI=1S/C13H19N3O/c1-5-6-7-10(2)9-16-11(3)12(8-14-4)15-13(16)17/h5-8H,9H2,1-4H3,(H,15,17). The van der Waals surface area contributed by atoms with Gasteiger partial charge in [0.25, 0.3) is 0 Å². The molecular weight excluding hydrogens is 214 g/mol. The molecule has 1 rings (SSSR count). The lowest BCUT2D eigenvalue weighted by atomic mass is 10.2. The van der Waals surface area contributed by atoms with Gasteiger partial charge in [-0.05, 0) is 20.8 Å². The monoisotopic (exact) mass is 233 g/mol. The average molecular weight is 233 g/mol. The number of H-pyrrole nitrogens is 1. The molecule has 1 heterocycles. The highest BCUT2D eigenvalue weighted by Gasteiger charge is 2.07. The van der Waals surface area contributed by atoms with Gasteiger partial charge in [-0.3, -0.25) is 9.56 Å². The van der Waals surface area contributed by atoms with Crippen molar-refractivity contribution in [3.05, 3.63) is 45.7 Å². The highest BCUT2D eigenvalue weighted by molar-refractivity contribution is 5.78. The zero-order valence-corrected chi connectivity index (χ0v) is 10.8. The molecule has 0 aliphatic rings. The molecule has 4 nitrogen and oxygen atoms in total. The second-order valence-corrected chi connectivity index (χ2v) is 3.94. The van der Waals surface area contributed by atoms with Gasteiger partial charge in [0.2, 0.25) is 0 Å². The number of aromatic nitrogens is 2. The van der Waals surface area contributed by atoms with E-state index in [9.17, 15) is 4.79 Å². The first-order valence-corrected chi connectivity index (χ1v) is 5.60. The van der Waals surface area contributed by atoms with Crippen molar-refractivity contribution in [3.63, 3.8) is 0 Å². The van der Waals surface area contributed by atoms with E-state index >= 15 is 0 Å². The first-order chi connectivity index (χ1) is 8.10. The van der Waals surface area contributed by atoms with Crippen molar-refractivity contribution in [2.75, 3.05) is 7.05 Å². The van der Waals surface area contributed by atoms with Crippen molar-refractivity contribution < 1.29 is 0 Å². The van der Waals surface area contributed by atoms with E-state index in [0.717, 1.165) is 17.0 Å². The van der Waals surface area contributed by atoms with Gasteiger partial charge in [0.05, 0.1) is 5.69 Å². The molecule has 0 saturated heterocycles. The zero-order chi connectivity index (χ0) is 12.8. The topological polar surface area (TPSA) is 50.1 Å². The van der Waals surface area contributed by atoms with Crippen molar-refractivity contribution in [2.24, 2.45) is 4.99 Å². The Bertz CT molecular complexity index is 515. The van der Waals surface area contributed by atoms with Crippen molar-refractivity contribution in [2.45, 2.75) is 27.3 Å². The highest BCUT2D eigenvalue weighted by atomic mass is 16.1. The quantitative estimate of drug-likeness (QED) is 0.628. The fourth-order valence-corrected chi connectivity index (χ4v) is 1.58. The van der Waals surface area contributed by atoms with Gasteiger partial charge in [-0.25, -0.2) is 4.79 Å². The first-order valence-electron chi connectivity index (χ1n) is 5.60. The number of imidazole rings is 1. The second kappa shape index (κ2) is 6.03. The number of nitrogens with one attached hydrogen (secondary N) is 1. The van der Waals surface area contributed by atoms with Crippen LogP contribution in [0.3, 0.4) is 0 Å². The molecule has 0 bridgehead atoms. The van der Waals surface area contributed by atoms with Crippen molar-refractivity contribution in [1.82, 2.24) is 9.55 Å². The van der Waals surface area contributed by atoms with Gasteiger partial charge in [0.15, 0.2) is 0 Å². The maximum Gasteiger partial charge on any atom is 0.326 e. The highest BCUT2D eigenvalue weighted by Crippen LogP contribution is 2.04. The summed E-state index contributed by atoms with van der Waals surface area (Å²) in [4.78, 5) is 18.4. The molecule has 92 valence electrons. The average Bonchev–Trinajstić information content (AvgIpc) is 2.55. The molecule has 1 N–H and O–H groups in total. The molecule has 0 aromatic carbocycles. The Morgan fingerprint density at radius 2 is 2.24 bits per heavy atom. The molecule has 0 aliphatic heterocycles. The maximum absolute atomic E-state index is 11.7. The predicted molar refractivity (Wildman–Crippen MR) is 71.9 cm³/mol. The molecule has 1 aromatic heterocycles. The van der Waals surface area contributed by atoms with E-state index < -0.39 is 0 Å². The van der Waals surface area contributed by atoms with Crippen LogP contribution in [0.2, 0.25) is 0 Å². The third-order valence-corrected chi connectivity index (χ3v) is 2.52. The predicted octanol–water partition coefficient (Wildman–Crippen LogP) is 2.06. The lowest BCUT2D eigenvalue weighted by Gasteiger charge is -2.04. The summed E-state index contributed by atoms with van der Waals surface area (Å²) >= 11 is 0. The van der Waals surface area contributed by atoms with Gasteiger partial charge in [0.1, 0.15) is 0 Å². The Morgan fingerprint density at radius 1 is 1.53 bits per heavy atom. The summed E-state index contributed by atoms with van der Waals surface area (Å²) in [5, 5.41) is 0. The lowest BCUT2D eigenvalue weighted by molar-refractivity contribution is 0.726. The Morgan fingerprint density at radius 3 is 2.82 bits per heavy atom. The molecule has 0 amide bonds. The molecular formula is C13H19N3O. The Balaban J connectivity index is 3.03. The van der Waals surface area contributed by atoms with Gasteiger partial charge in [-0.15, -0.1) is 0 Å². The third-order valence-electron chi connectivity index (χ3n) is 2.52. The van der Waals surface area contributed by atoms with E-state index in [1.807, 2.05) is 39.0 Å². The van der Waals surface area contributed by atoms with Gasteiger partial charge in [0, 0.05) is 25.5 Å². The Hall–Kier alpha value is -1.84. The molecule has 17 heavy (non-hydrogen) atoms. The van der Waals surface area contributed by atoms with E-state index in [1.54, 1.807) is 17.8 Å². The van der Waals surface area contributed by atoms with Crippen LogP contribution in [0, 0.1) is 6.92 Å². The maximum atomic E-state index is 11.7. The summed E-state index contributed by atoms with van der Waals surface area (Å²) < 4.78 is 1.71. The number of aromatic amines is 1. The van der Waals surface area contributed by atoms with E-state index in [1.165, 1.54) is 0 Å². The molecule has 1 aromatic rings. The minimum absolute atomic E-state index is 0.0920. The molecule has 4 heteroatoms. The van der Waals surface area contributed by atoms with E-state index in [-0.39, 0.29) is 5.69 Å². The minimum Gasteiger partial charge on any atom is -0.304 e. The van der Waals surface area contributed by atoms with Gasteiger partial charge < -0.3 is 4.98 Å². The summed E-state index contributed by atoms with van der Waals surface area (Å²) in [6.45, 7) is 6.49. The summed E-state index contributed by atoms with van der Waals surface area (Å²) in [5.74, 6) is 0. The fraction of sp³-hybridized carbons (Fsp3) is 0.385. The van der Waals surface area contributed by atoms with Crippen molar-refractivity contribution in [3.8, 4) is 0 Å². The van der Waals surface area contributed by atoms with Crippen LogP contribution in [0.5, 0.6) is 0 Å². The number of allylic oxidation sites excluding steroid dienone is 4. The van der Waals surface area contributed by atoms with E-state index in [2.05, 4.69) is 9.98 Å². The number of rotatable bonds is 4. The van der Waals surface area contributed by atoms with Crippen LogP contribution in [0.15, 0.2) is 33.6 Å². The normalized spacial score (nSPS) is 13.1. The van der Waals surface area contributed by atoms with Gasteiger partial charge in [-0.1, -0.05) is 23.8 Å². The molecule has 0 unspecified atom stereocenters. The summed E-state index contributed by atoms with van der Waals surface area (Å²) in [5.41, 5.74) is 2.73. The largest absolute Gasteiger partial charge is 0.326 e. The first kappa shape index (κ1) is 13.2. The van der Waals surface area contributed by atoms with Gasteiger partial charge in [-0.2, -0.15) is 0 Å². The Labute approximate surface area is 101 Å². The number of hydrogen-bond acceptors (Lipinski definition) is 2. The number of nitrogens with zero attached hydrogens (tertiary/aromatic N) is 2. The van der Waals surface area contributed by atoms with Crippen molar-refractivity contribution >= 4 is 6.21 Å². The van der Waals surface area contributed by atoms with Crippen LogP contribution in [-0.2, 0) is 6.54 Å². The summed E-state index contributed by atoms with van der Waals surface area (Å²) in [6.07, 6.45) is 7.60. The van der Waals surface area contributed by atoms with Gasteiger partial charge >= 0.3 is 5.69 Å². The molecule has 0 atom stereocenters. The van der Waals surface area contributed by atoms with Crippen LogP contribution in [-0.4, -0.2) is 22.8 Å². The SMILES string of the molecule is CC=CC=C(C)Cn1c(C)c(C=NC)[nH]c1=O. The number of hydrogen-bond donors (Lipinski definition) is 1. The molecule has 0 saturated carbocycles. The van der Waals surface area contributed by atoms with Crippen LogP contribution in [0.25, 0.3) is 0 Å². The van der Waals surface area contributed by atoms with Crippen LogP contribution < -0.4 is 5.69 Å². The van der Waals surface area contributed by atoms with Crippen LogP contribution in [0.4, 0.5) is 0 Å². The number of aliphatic imine (C=N–C) groups is 1. The van der Waals surface area contributed by atoms with Crippen molar-refractivity contribution in [1.29, 1.82) is 0 Å². The van der Waals surface area contributed by atoms with Crippen LogP contribution in [0.1, 0.15) is 25.2 Å². The minimum atomic E-state index is -0.0920. The molecule has 0 aliphatic carbocycles. The third kappa shape index (κ3) is 3.31. The van der Waals surface area contributed by atoms with E-state index in [0.29, 0.717) is 6.54 Å². The smallest absolute Gasteiger partial charge is 0.304 e. The Kier molecular flexibility index (Phi) is 4.69. The summed E-state index contributed by atoms with van der Waals surface area (Å²) in [7, 11) is 1.69.